The van der Waals surface area contributed by atoms with Gasteiger partial charge in [-0.3, -0.25) is 0 Å². The topological polar surface area (TPSA) is 76.4 Å². The van der Waals surface area contributed by atoms with Gasteiger partial charge in [-0.1, -0.05) is 13.8 Å². The van der Waals surface area contributed by atoms with E-state index in [1.807, 2.05) is 25.5 Å². The van der Waals surface area contributed by atoms with Crippen molar-refractivity contribution < 1.29 is 4.74 Å². The molecule has 2 N–H and O–H groups in total. The average Bonchev–Trinajstić information content (AvgIpc) is 2.87. The lowest BCUT2D eigenvalue weighted by atomic mass is 10.1. The summed E-state index contributed by atoms with van der Waals surface area (Å²) in [5.74, 6) is 3.32. The molecule has 0 unspecified atom stereocenters. The third-order valence-electron chi connectivity index (χ3n) is 3.77. The van der Waals surface area contributed by atoms with E-state index in [2.05, 4.69) is 39.7 Å². The smallest absolute Gasteiger partial charge is 0.191 e. The van der Waals surface area contributed by atoms with Crippen LogP contribution in [-0.4, -0.2) is 47.0 Å². The summed E-state index contributed by atoms with van der Waals surface area (Å²) in [6.07, 6.45) is 3.32. The van der Waals surface area contributed by atoms with Gasteiger partial charge in [-0.15, -0.1) is 34.2 Å². The summed E-state index contributed by atoms with van der Waals surface area (Å²) in [4.78, 5) is 4.63. The fourth-order valence-electron chi connectivity index (χ4n) is 2.16. The van der Waals surface area contributed by atoms with E-state index < -0.39 is 0 Å². The Balaban J connectivity index is 0.00000576. The minimum atomic E-state index is 0. The fraction of sp³-hybridized carbons (Fsp3) is 0.824. The first-order valence-corrected chi connectivity index (χ1v) is 8.99. The number of nitrogens with one attached hydrogen (secondary N) is 2. The Bertz CT molecular complexity index is 489. The van der Waals surface area contributed by atoms with Crippen LogP contribution in [0.15, 0.2) is 4.99 Å². The zero-order valence-electron chi connectivity index (χ0n) is 16.3. The molecule has 1 heterocycles. The van der Waals surface area contributed by atoms with Gasteiger partial charge in [-0.2, -0.15) is 0 Å². The van der Waals surface area contributed by atoms with Crippen LogP contribution < -0.4 is 10.6 Å². The van der Waals surface area contributed by atoms with Gasteiger partial charge in [-0.25, -0.2) is 4.99 Å². The van der Waals surface area contributed by atoms with Crippen LogP contribution in [0.1, 0.15) is 51.7 Å². The fourth-order valence-corrected chi connectivity index (χ4v) is 2.16. The lowest BCUT2D eigenvalue weighted by molar-refractivity contribution is 0.145. The largest absolute Gasteiger partial charge is 0.382 e. The van der Waals surface area contributed by atoms with Gasteiger partial charge in [-0.05, 0) is 39.0 Å². The first kappa shape index (κ1) is 24.1. The molecule has 0 spiro atoms. The van der Waals surface area contributed by atoms with Crippen LogP contribution in [-0.2, 0) is 18.3 Å². The summed E-state index contributed by atoms with van der Waals surface area (Å²) in [5, 5.41) is 15.0. The highest BCUT2D eigenvalue weighted by atomic mass is 127. The molecule has 0 amide bonds. The van der Waals surface area contributed by atoms with Crippen molar-refractivity contribution >= 4 is 29.9 Å². The molecule has 146 valence electrons. The maximum Gasteiger partial charge on any atom is 0.191 e. The summed E-state index contributed by atoms with van der Waals surface area (Å²) < 4.78 is 7.33. The second kappa shape index (κ2) is 14.3. The number of rotatable bonds is 11. The minimum absolute atomic E-state index is 0. The van der Waals surface area contributed by atoms with E-state index in [0.717, 1.165) is 62.7 Å². The SMILES string of the molecule is CCOCCCNC(=NCc1nnc(C)n1C)NCCCC(C)C.I. The molecule has 0 saturated carbocycles. The van der Waals surface area contributed by atoms with E-state index in [9.17, 15) is 0 Å². The maximum absolute atomic E-state index is 5.37. The number of ether oxygens (including phenoxy) is 1. The predicted molar refractivity (Wildman–Crippen MR) is 113 cm³/mol. The van der Waals surface area contributed by atoms with Gasteiger partial charge in [0, 0.05) is 33.4 Å². The number of halogens is 1. The molecule has 0 aliphatic carbocycles. The number of hydrogen-bond acceptors (Lipinski definition) is 4. The average molecular weight is 466 g/mol. The molecular weight excluding hydrogens is 431 g/mol. The van der Waals surface area contributed by atoms with Gasteiger partial charge in [0.25, 0.3) is 0 Å². The molecule has 1 rings (SSSR count). The molecule has 0 aromatic carbocycles. The Morgan fingerprint density at radius 1 is 1.20 bits per heavy atom. The van der Waals surface area contributed by atoms with Crippen LogP contribution in [0.3, 0.4) is 0 Å². The molecule has 0 saturated heterocycles. The lowest BCUT2D eigenvalue weighted by Gasteiger charge is -2.13. The van der Waals surface area contributed by atoms with Crippen molar-refractivity contribution in [2.75, 3.05) is 26.3 Å². The molecule has 1 aromatic heterocycles. The van der Waals surface area contributed by atoms with Crippen LogP contribution in [0.25, 0.3) is 0 Å². The van der Waals surface area contributed by atoms with Gasteiger partial charge >= 0.3 is 0 Å². The minimum Gasteiger partial charge on any atom is -0.382 e. The van der Waals surface area contributed by atoms with Crippen molar-refractivity contribution in [1.82, 2.24) is 25.4 Å². The van der Waals surface area contributed by atoms with Crippen LogP contribution >= 0.6 is 24.0 Å². The molecule has 0 fully saturated rings. The third-order valence-corrected chi connectivity index (χ3v) is 3.77. The Morgan fingerprint density at radius 2 is 1.88 bits per heavy atom. The number of hydrogen-bond donors (Lipinski definition) is 2. The summed E-state index contributed by atoms with van der Waals surface area (Å²) in [6.45, 7) is 12.3. The number of guanidine groups is 1. The molecule has 7 nitrogen and oxygen atoms in total. The second-order valence-corrected chi connectivity index (χ2v) is 6.33. The monoisotopic (exact) mass is 466 g/mol. The quantitative estimate of drug-likeness (QED) is 0.227. The molecular formula is C17H35IN6O. The molecule has 8 heteroatoms. The summed E-state index contributed by atoms with van der Waals surface area (Å²) in [5.41, 5.74) is 0. The second-order valence-electron chi connectivity index (χ2n) is 6.33. The number of aliphatic imine (C=N–C) groups is 1. The highest BCUT2D eigenvalue weighted by molar-refractivity contribution is 14.0. The first-order valence-electron chi connectivity index (χ1n) is 8.99. The normalized spacial score (nSPS) is 11.5. The van der Waals surface area contributed by atoms with Gasteiger partial charge in [0.15, 0.2) is 11.8 Å². The summed E-state index contributed by atoms with van der Waals surface area (Å²) >= 11 is 0. The molecule has 0 aliphatic heterocycles. The third kappa shape index (κ3) is 10.6. The molecule has 0 aliphatic rings. The number of aromatic nitrogens is 3. The van der Waals surface area contributed by atoms with E-state index in [-0.39, 0.29) is 24.0 Å². The van der Waals surface area contributed by atoms with Crippen molar-refractivity contribution in [2.24, 2.45) is 18.0 Å². The first-order chi connectivity index (χ1) is 11.5. The maximum atomic E-state index is 5.37. The van der Waals surface area contributed by atoms with Crippen LogP contribution in [0, 0.1) is 12.8 Å². The van der Waals surface area contributed by atoms with Gasteiger partial charge in [0.05, 0.1) is 0 Å². The molecule has 0 radical (unpaired) electrons. The number of aryl methyl sites for hydroxylation is 1. The van der Waals surface area contributed by atoms with Crippen molar-refractivity contribution in [3.05, 3.63) is 11.6 Å². The van der Waals surface area contributed by atoms with Gasteiger partial charge in [0.1, 0.15) is 12.4 Å². The summed E-state index contributed by atoms with van der Waals surface area (Å²) in [6, 6.07) is 0. The number of nitrogens with zero attached hydrogens (tertiary/aromatic N) is 4. The van der Waals surface area contributed by atoms with Crippen LogP contribution in [0.5, 0.6) is 0 Å². The molecule has 0 bridgehead atoms. The molecule has 25 heavy (non-hydrogen) atoms. The molecule has 0 atom stereocenters. The van der Waals surface area contributed by atoms with E-state index in [0.29, 0.717) is 6.54 Å². The zero-order chi connectivity index (χ0) is 17.8. The van der Waals surface area contributed by atoms with Crippen molar-refractivity contribution in [3.8, 4) is 0 Å². The Morgan fingerprint density at radius 3 is 2.44 bits per heavy atom. The lowest BCUT2D eigenvalue weighted by Crippen LogP contribution is -2.38. The van der Waals surface area contributed by atoms with E-state index in [4.69, 9.17) is 4.74 Å². The van der Waals surface area contributed by atoms with Crippen molar-refractivity contribution in [2.45, 2.75) is 53.5 Å². The van der Waals surface area contributed by atoms with Crippen molar-refractivity contribution in [3.63, 3.8) is 0 Å². The van der Waals surface area contributed by atoms with Gasteiger partial charge in [0.2, 0.25) is 0 Å². The van der Waals surface area contributed by atoms with Crippen LogP contribution in [0.4, 0.5) is 0 Å². The zero-order valence-corrected chi connectivity index (χ0v) is 18.7. The standard InChI is InChI=1S/C17H34N6O.HI/c1-6-24-12-8-11-19-17(18-10-7-9-14(2)3)20-13-16-22-21-15(4)23(16)5;/h14H,6-13H2,1-5H3,(H2,18,19,20);1H. The molecule has 1 aromatic rings. The van der Waals surface area contributed by atoms with E-state index >= 15 is 0 Å². The van der Waals surface area contributed by atoms with Crippen molar-refractivity contribution in [1.29, 1.82) is 0 Å². The highest BCUT2D eigenvalue weighted by Crippen LogP contribution is 2.02. The van der Waals surface area contributed by atoms with E-state index in [1.165, 1.54) is 6.42 Å². The highest BCUT2D eigenvalue weighted by Gasteiger charge is 2.05. The van der Waals surface area contributed by atoms with Gasteiger partial charge < -0.3 is 19.9 Å². The van der Waals surface area contributed by atoms with Crippen LogP contribution in [0.2, 0.25) is 0 Å². The Labute approximate surface area is 169 Å². The summed E-state index contributed by atoms with van der Waals surface area (Å²) in [7, 11) is 1.96. The predicted octanol–water partition coefficient (Wildman–Crippen LogP) is 2.64. The van der Waals surface area contributed by atoms with E-state index in [1.54, 1.807) is 0 Å². The Hall–Kier alpha value is -0.900. The Kier molecular flexibility index (Phi) is 13.8.